The molecule has 0 atom stereocenters. The molecule has 2 heteroatoms. The van der Waals surface area contributed by atoms with Gasteiger partial charge in [-0.05, 0) is 12.8 Å². The van der Waals surface area contributed by atoms with E-state index in [0.717, 1.165) is 5.92 Å². The van der Waals surface area contributed by atoms with Gasteiger partial charge in [0.05, 0.1) is 0 Å². The van der Waals surface area contributed by atoms with E-state index in [1.165, 1.54) is 32.1 Å². The maximum Gasteiger partial charge on any atom is 2.00 e. The minimum atomic E-state index is 0. The Bertz CT molecular complexity index is 85.6. The van der Waals surface area contributed by atoms with Crippen LogP contribution in [0.5, 0.6) is 0 Å². The predicted molar refractivity (Wildman–Crippen MR) is 64.9 cm³/mol. The summed E-state index contributed by atoms with van der Waals surface area (Å²) in [5, 5.41) is 0. The molecule has 2 aliphatic rings. The molecule has 82 valence electrons. The average molecular weight is 274 g/mol. The summed E-state index contributed by atoms with van der Waals surface area (Å²) in [6.45, 7) is 7.56. The second kappa shape index (κ2) is 19.5. The zero-order chi connectivity index (χ0) is 8.53. The monoisotopic (exact) mass is 272 g/mol. The van der Waals surface area contributed by atoms with Crippen LogP contribution in [-0.4, -0.2) is 23.1 Å². The fraction of sp³-hybridized carbons (Fsp3) is 0.750. The van der Waals surface area contributed by atoms with E-state index in [1.54, 1.807) is 6.08 Å². The Kier molecular flexibility index (Phi) is 33.9. The molecule has 2 fully saturated rings. The first-order valence-electron chi connectivity index (χ1n) is 4.70. The molecule has 0 heterocycles. The van der Waals surface area contributed by atoms with Gasteiger partial charge in [0, 0.05) is 0 Å². The largest absolute Gasteiger partial charge is 2.00 e. The summed E-state index contributed by atoms with van der Waals surface area (Å²) in [4.78, 5) is 0. The number of rotatable bonds is 0. The molecule has 14 heavy (non-hydrogen) atoms. The predicted octanol–water partition coefficient (Wildman–Crippen LogP) is 1.24. The third-order valence-electron chi connectivity index (χ3n) is 1.68. The van der Waals surface area contributed by atoms with Gasteiger partial charge < -0.3 is 23.4 Å². The summed E-state index contributed by atoms with van der Waals surface area (Å²) in [5.74, 6) is 1.06. The van der Waals surface area contributed by atoms with Crippen LogP contribution in [-0.2, 0) is 0 Å². The van der Waals surface area contributed by atoms with Crippen molar-refractivity contribution in [3.63, 3.8) is 0 Å². The molecule has 2 aliphatic carbocycles. The fourth-order valence-electron chi connectivity index (χ4n) is 0.612. The van der Waals surface area contributed by atoms with Gasteiger partial charge in [0.25, 0.3) is 0 Å². The van der Waals surface area contributed by atoms with Gasteiger partial charge >= 0.3 is 23.1 Å². The maximum atomic E-state index is 3.36. The van der Waals surface area contributed by atoms with E-state index in [1.807, 2.05) is 6.92 Å². The van der Waals surface area contributed by atoms with Gasteiger partial charge in [-0.3, -0.25) is 0 Å². The summed E-state index contributed by atoms with van der Waals surface area (Å²) in [7, 11) is 0. The molecular formula is C12H25BrMg. The molecule has 0 saturated heterocycles. The first-order valence-corrected chi connectivity index (χ1v) is 4.70. The second-order valence-corrected chi connectivity index (χ2v) is 3.31. The van der Waals surface area contributed by atoms with E-state index >= 15 is 0 Å². The summed E-state index contributed by atoms with van der Waals surface area (Å²) >= 11 is 0. The standard InChI is InChI=1S/C5H10.C3H5.C3H6.CH4.BrH.Mg/c1-5-3-2-4-5;1-2-3-1;1-3-2;;;/h5H,2-4H2,1H3;1H,2-3H2;3H,1H2,2H3;1H4;1H;/q;-1;;;;+2/p-1. The van der Waals surface area contributed by atoms with Crippen LogP contribution in [0.25, 0.3) is 0 Å². The van der Waals surface area contributed by atoms with Crippen LogP contribution in [0.4, 0.5) is 0 Å². The molecule has 0 nitrogen and oxygen atoms in total. The molecule has 2 rings (SSSR count). The molecule has 0 aliphatic heterocycles. The molecule has 0 amide bonds. The Labute approximate surface area is 118 Å². The van der Waals surface area contributed by atoms with Crippen molar-refractivity contribution in [2.45, 2.75) is 53.4 Å². The number of halogens is 1. The number of hydrogen-bond acceptors (Lipinski definition) is 0. The van der Waals surface area contributed by atoms with Crippen LogP contribution < -0.4 is 17.0 Å². The summed E-state index contributed by atoms with van der Waals surface area (Å²) in [6.07, 6.45) is 11.2. The van der Waals surface area contributed by atoms with Gasteiger partial charge in [-0.15, -0.1) is 6.58 Å². The van der Waals surface area contributed by atoms with E-state index < -0.39 is 0 Å². The van der Waals surface area contributed by atoms with E-state index in [9.17, 15) is 0 Å². The third-order valence-corrected chi connectivity index (χ3v) is 1.68. The van der Waals surface area contributed by atoms with Crippen LogP contribution in [0.1, 0.15) is 53.4 Å². The first kappa shape index (κ1) is 24.3. The minimum absolute atomic E-state index is 0. The molecule has 2 saturated carbocycles. The molecule has 0 N–H and O–H groups in total. The van der Waals surface area contributed by atoms with Crippen LogP contribution >= 0.6 is 0 Å². The van der Waals surface area contributed by atoms with Gasteiger partial charge in [-0.1, -0.05) is 39.7 Å². The van der Waals surface area contributed by atoms with E-state index in [0.29, 0.717) is 0 Å². The van der Waals surface area contributed by atoms with Crippen molar-refractivity contribution in [2.75, 3.05) is 0 Å². The molecule has 0 aromatic rings. The zero-order valence-corrected chi connectivity index (χ0v) is 12.1. The first-order chi connectivity index (χ1) is 5.31. The molecule has 0 spiro atoms. The molecule has 0 aromatic carbocycles. The molecule has 0 bridgehead atoms. The van der Waals surface area contributed by atoms with Gasteiger partial charge in [0.15, 0.2) is 0 Å². The van der Waals surface area contributed by atoms with Crippen molar-refractivity contribution in [2.24, 2.45) is 5.92 Å². The van der Waals surface area contributed by atoms with Gasteiger partial charge in [-0.25, -0.2) is 12.8 Å². The van der Waals surface area contributed by atoms with Crippen molar-refractivity contribution in [3.05, 3.63) is 19.1 Å². The minimum Gasteiger partial charge on any atom is -1.00 e. The van der Waals surface area contributed by atoms with Crippen LogP contribution in [0, 0.1) is 12.3 Å². The Balaban J connectivity index is -0.0000000505. The van der Waals surface area contributed by atoms with E-state index in [-0.39, 0.29) is 47.5 Å². The van der Waals surface area contributed by atoms with Crippen LogP contribution in [0.3, 0.4) is 0 Å². The summed E-state index contributed by atoms with van der Waals surface area (Å²) < 4.78 is 0. The van der Waals surface area contributed by atoms with E-state index in [2.05, 4.69) is 19.9 Å². The number of hydrogen-bond donors (Lipinski definition) is 0. The van der Waals surface area contributed by atoms with Crippen molar-refractivity contribution in [3.8, 4) is 0 Å². The normalized spacial score (nSPS) is 15.3. The second-order valence-electron chi connectivity index (χ2n) is 3.31. The smallest absolute Gasteiger partial charge is 1.00 e. The van der Waals surface area contributed by atoms with E-state index in [4.69, 9.17) is 0 Å². The Morgan fingerprint density at radius 1 is 1.29 bits per heavy atom. The Morgan fingerprint density at radius 2 is 1.50 bits per heavy atom. The SMILES string of the molecule is C.C=CC.CC1CCC1.[Br-].[CH-]1CC1.[Mg+2]. The molecule has 0 radical (unpaired) electrons. The fourth-order valence-corrected chi connectivity index (χ4v) is 0.612. The van der Waals surface area contributed by atoms with Crippen LogP contribution in [0.2, 0.25) is 0 Å². The third kappa shape index (κ3) is 29.3. The quantitative estimate of drug-likeness (QED) is 0.354. The maximum absolute atomic E-state index is 3.36. The molecule has 0 unspecified atom stereocenters. The molecule has 0 aromatic heterocycles. The van der Waals surface area contributed by atoms with Crippen molar-refractivity contribution in [1.82, 2.24) is 0 Å². The number of allylic oxidation sites excluding steroid dienone is 1. The van der Waals surface area contributed by atoms with Crippen molar-refractivity contribution >= 4 is 23.1 Å². The topological polar surface area (TPSA) is 0 Å². The van der Waals surface area contributed by atoms with Crippen molar-refractivity contribution < 1.29 is 17.0 Å². The van der Waals surface area contributed by atoms with Gasteiger partial charge in [-0.2, -0.15) is 0 Å². The summed E-state index contributed by atoms with van der Waals surface area (Å²) in [6, 6.07) is 0. The van der Waals surface area contributed by atoms with Crippen molar-refractivity contribution in [1.29, 1.82) is 0 Å². The molecular weight excluding hydrogens is 248 g/mol. The van der Waals surface area contributed by atoms with Gasteiger partial charge in [0.2, 0.25) is 0 Å². The summed E-state index contributed by atoms with van der Waals surface area (Å²) in [5.41, 5.74) is 0. The zero-order valence-electron chi connectivity index (χ0n) is 9.06. The van der Waals surface area contributed by atoms with Gasteiger partial charge in [0.1, 0.15) is 0 Å². The van der Waals surface area contributed by atoms with Crippen LogP contribution in [0.15, 0.2) is 12.7 Å². The Hall–Kier alpha value is 0.986. The average Bonchev–Trinajstić information content (AvgIpc) is 2.69. The Morgan fingerprint density at radius 3 is 1.50 bits per heavy atom.